The number of nitrogens with zero attached hydrogens (tertiary/aromatic N) is 5. The maximum atomic E-state index is 13.5. The van der Waals surface area contributed by atoms with Crippen LogP contribution in [0.25, 0.3) is 11.0 Å². The van der Waals surface area contributed by atoms with Crippen molar-refractivity contribution in [1.82, 2.24) is 19.9 Å². The Morgan fingerprint density at radius 2 is 1.65 bits per heavy atom. The van der Waals surface area contributed by atoms with Gasteiger partial charge in [0.05, 0.1) is 19.0 Å². The molecule has 5 rings (SSSR count). The number of urea groups is 1. The van der Waals surface area contributed by atoms with Crippen LogP contribution >= 0.6 is 0 Å². The maximum Gasteiger partial charge on any atom is 0.410 e. The predicted octanol–water partition coefficient (Wildman–Crippen LogP) is 4.25. The third-order valence-electron chi connectivity index (χ3n) is 7.01. The molecule has 11 nitrogen and oxygen atoms in total. The summed E-state index contributed by atoms with van der Waals surface area (Å²) >= 11 is 0. The van der Waals surface area contributed by atoms with Crippen molar-refractivity contribution in [3.05, 3.63) is 53.6 Å². The summed E-state index contributed by atoms with van der Waals surface area (Å²) < 4.78 is 16.2. The molecule has 2 aliphatic heterocycles. The second kappa shape index (κ2) is 11.2. The highest BCUT2D eigenvalue weighted by molar-refractivity contribution is 6.08. The van der Waals surface area contributed by atoms with E-state index in [1.807, 2.05) is 51.1 Å². The molecule has 2 aliphatic rings. The summed E-state index contributed by atoms with van der Waals surface area (Å²) in [6, 6.07) is 12.7. The van der Waals surface area contributed by atoms with Crippen molar-refractivity contribution >= 4 is 34.8 Å². The van der Waals surface area contributed by atoms with Crippen molar-refractivity contribution in [1.29, 1.82) is 0 Å². The van der Waals surface area contributed by atoms with Crippen molar-refractivity contribution in [3.8, 4) is 5.75 Å². The van der Waals surface area contributed by atoms with Crippen LogP contribution in [-0.4, -0.2) is 83.3 Å². The average Bonchev–Trinajstić information content (AvgIpc) is 3.34. The molecule has 0 aliphatic carbocycles. The molecule has 212 valence electrons. The van der Waals surface area contributed by atoms with E-state index in [2.05, 4.69) is 10.1 Å². The fraction of sp³-hybridized carbons (Fsp3) is 0.448. The SMILES string of the molecule is COc1ccc(CN2C(=O)CCN(c3noc4ccc(CN5CCN(C(=O)OC(C)(C)C)CC5)cc34)C2=O)cc1. The quantitative estimate of drug-likeness (QED) is 0.449. The summed E-state index contributed by atoms with van der Waals surface area (Å²) in [6.07, 6.45) is -0.0916. The number of anilines is 1. The number of hydrogen-bond acceptors (Lipinski definition) is 8. The highest BCUT2D eigenvalue weighted by Gasteiger charge is 2.35. The standard InChI is InChI=1S/C29H35N5O6/c1-29(2,3)39-28(37)32-15-13-31(14-16-32)18-21-7-10-24-23(17-21)26(30-40-24)33-12-11-25(35)34(27(33)36)19-20-5-8-22(38-4)9-6-20/h5-10,17H,11-16,18-19H2,1-4H3. The molecule has 0 N–H and O–H groups in total. The molecule has 11 heteroatoms. The first-order valence-corrected chi connectivity index (χ1v) is 13.4. The van der Waals surface area contributed by atoms with Crippen LogP contribution < -0.4 is 9.64 Å². The number of carbonyl (C=O) groups excluding carboxylic acids is 3. The van der Waals surface area contributed by atoms with Gasteiger partial charge in [0.25, 0.3) is 0 Å². The van der Waals surface area contributed by atoms with Gasteiger partial charge in [-0.15, -0.1) is 0 Å². The lowest BCUT2D eigenvalue weighted by molar-refractivity contribution is -0.129. The third-order valence-corrected chi connectivity index (χ3v) is 7.01. The Morgan fingerprint density at radius 1 is 0.950 bits per heavy atom. The molecular weight excluding hydrogens is 514 g/mol. The van der Waals surface area contributed by atoms with E-state index in [4.69, 9.17) is 14.0 Å². The monoisotopic (exact) mass is 549 g/mol. The minimum atomic E-state index is -0.518. The summed E-state index contributed by atoms with van der Waals surface area (Å²) in [6.45, 7) is 9.30. The van der Waals surface area contributed by atoms with Crippen molar-refractivity contribution < 1.29 is 28.4 Å². The van der Waals surface area contributed by atoms with Gasteiger partial charge in [-0.05, 0) is 56.2 Å². The molecule has 3 heterocycles. The van der Waals surface area contributed by atoms with E-state index in [0.29, 0.717) is 36.8 Å². The zero-order valence-electron chi connectivity index (χ0n) is 23.4. The number of hydrogen-bond donors (Lipinski definition) is 0. The Morgan fingerprint density at radius 3 is 2.33 bits per heavy atom. The molecule has 0 bridgehead atoms. The molecule has 0 saturated carbocycles. The Hall–Kier alpha value is -4.12. The largest absolute Gasteiger partial charge is 0.497 e. The molecule has 2 fully saturated rings. The van der Waals surface area contributed by atoms with Crippen LogP contribution in [0.4, 0.5) is 15.4 Å². The van der Waals surface area contributed by atoms with Crippen molar-refractivity contribution in [2.45, 2.75) is 45.9 Å². The molecule has 0 radical (unpaired) electrons. The van der Waals surface area contributed by atoms with Gasteiger partial charge in [0.15, 0.2) is 11.4 Å². The zero-order valence-corrected chi connectivity index (χ0v) is 23.4. The summed E-state index contributed by atoms with van der Waals surface area (Å²) in [5.74, 6) is 0.886. The van der Waals surface area contributed by atoms with Gasteiger partial charge in [0.2, 0.25) is 5.91 Å². The number of benzene rings is 2. The number of carbonyl (C=O) groups is 3. The van der Waals surface area contributed by atoms with Gasteiger partial charge in [-0.25, -0.2) is 9.59 Å². The molecule has 0 spiro atoms. The topological polar surface area (TPSA) is 109 Å². The molecule has 0 atom stereocenters. The lowest BCUT2D eigenvalue weighted by Crippen LogP contribution is -2.52. The molecule has 2 saturated heterocycles. The number of fused-ring (bicyclic) bond motifs is 1. The number of ether oxygens (including phenoxy) is 2. The first kappa shape index (κ1) is 27.4. The van der Waals surface area contributed by atoms with Crippen LogP contribution in [-0.2, 0) is 22.6 Å². The van der Waals surface area contributed by atoms with Gasteiger partial charge in [0.1, 0.15) is 11.4 Å². The maximum absolute atomic E-state index is 13.5. The van der Waals surface area contributed by atoms with Gasteiger partial charge in [-0.3, -0.25) is 19.5 Å². The van der Waals surface area contributed by atoms with Gasteiger partial charge in [0, 0.05) is 45.7 Å². The molecule has 40 heavy (non-hydrogen) atoms. The minimum Gasteiger partial charge on any atom is -0.497 e. The molecular formula is C29H35N5O6. The van der Waals surface area contributed by atoms with E-state index in [-0.39, 0.29) is 31.5 Å². The normalized spacial score (nSPS) is 17.1. The fourth-order valence-electron chi connectivity index (χ4n) is 4.90. The van der Waals surface area contributed by atoms with Crippen molar-refractivity contribution in [2.24, 2.45) is 0 Å². The first-order chi connectivity index (χ1) is 19.1. The minimum absolute atomic E-state index is 0.161. The number of imide groups is 1. The number of piperazine rings is 1. The lowest BCUT2D eigenvalue weighted by atomic mass is 10.1. The number of aromatic nitrogens is 1. The Balaban J connectivity index is 1.27. The highest BCUT2D eigenvalue weighted by Crippen LogP contribution is 2.31. The Kier molecular flexibility index (Phi) is 7.66. The van der Waals surface area contributed by atoms with E-state index in [1.165, 1.54) is 9.80 Å². The summed E-state index contributed by atoms with van der Waals surface area (Å²) in [5, 5.41) is 4.93. The number of amides is 4. The van der Waals surface area contributed by atoms with Gasteiger partial charge < -0.3 is 18.9 Å². The van der Waals surface area contributed by atoms with E-state index in [9.17, 15) is 14.4 Å². The summed E-state index contributed by atoms with van der Waals surface area (Å²) in [5.41, 5.74) is 1.91. The summed E-state index contributed by atoms with van der Waals surface area (Å²) in [7, 11) is 1.59. The molecule has 0 unspecified atom stereocenters. The van der Waals surface area contributed by atoms with Gasteiger partial charge in [-0.1, -0.05) is 23.4 Å². The second-order valence-electron chi connectivity index (χ2n) is 11.1. The van der Waals surface area contributed by atoms with Crippen LogP contribution in [0.2, 0.25) is 0 Å². The molecule has 3 aromatic rings. The van der Waals surface area contributed by atoms with E-state index in [1.54, 1.807) is 24.1 Å². The average molecular weight is 550 g/mol. The fourth-order valence-corrected chi connectivity index (χ4v) is 4.90. The first-order valence-electron chi connectivity index (χ1n) is 13.4. The van der Waals surface area contributed by atoms with Crippen LogP contribution in [0, 0.1) is 0 Å². The molecule has 2 aromatic carbocycles. The van der Waals surface area contributed by atoms with Gasteiger partial charge in [-0.2, -0.15) is 0 Å². The van der Waals surface area contributed by atoms with Crippen LogP contribution in [0.5, 0.6) is 5.75 Å². The summed E-state index contributed by atoms with van der Waals surface area (Å²) in [4.78, 5) is 45.3. The van der Waals surface area contributed by atoms with Crippen LogP contribution in [0.3, 0.4) is 0 Å². The van der Waals surface area contributed by atoms with Crippen molar-refractivity contribution in [2.75, 3.05) is 44.7 Å². The lowest BCUT2D eigenvalue weighted by Gasteiger charge is -2.35. The zero-order chi connectivity index (χ0) is 28.4. The van der Waals surface area contributed by atoms with E-state index >= 15 is 0 Å². The molecule has 1 aromatic heterocycles. The highest BCUT2D eigenvalue weighted by atomic mass is 16.6. The smallest absolute Gasteiger partial charge is 0.410 e. The second-order valence-corrected chi connectivity index (χ2v) is 11.1. The Bertz CT molecular complexity index is 1390. The van der Waals surface area contributed by atoms with E-state index < -0.39 is 11.6 Å². The predicted molar refractivity (Wildman–Crippen MR) is 148 cm³/mol. The van der Waals surface area contributed by atoms with E-state index in [0.717, 1.165) is 29.6 Å². The Labute approximate surface area is 233 Å². The molecule has 4 amide bonds. The van der Waals surface area contributed by atoms with Crippen LogP contribution in [0.15, 0.2) is 47.0 Å². The van der Waals surface area contributed by atoms with Gasteiger partial charge >= 0.3 is 12.1 Å². The number of methoxy groups -OCH3 is 1. The number of rotatable bonds is 6. The third kappa shape index (κ3) is 6.04. The van der Waals surface area contributed by atoms with Crippen LogP contribution in [0.1, 0.15) is 38.3 Å². The van der Waals surface area contributed by atoms with Crippen molar-refractivity contribution in [3.63, 3.8) is 0 Å².